The summed E-state index contributed by atoms with van der Waals surface area (Å²) < 4.78 is 9.65. The molecule has 8 nitrogen and oxygen atoms in total. The Morgan fingerprint density at radius 1 is 1.00 bits per heavy atom. The predicted molar refractivity (Wildman–Crippen MR) is 66.1 cm³/mol. The normalized spacial score (nSPS) is 9.50. The molecule has 0 aliphatic rings. The molecule has 0 atom stereocenters. The van der Waals surface area contributed by atoms with E-state index in [1.165, 1.54) is 19.1 Å². The number of carbonyl (C=O) groups is 4. The molecule has 0 spiro atoms. The molecule has 20 heavy (non-hydrogen) atoms. The summed E-state index contributed by atoms with van der Waals surface area (Å²) in [5.74, 6) is -2.20. The Labute approximate surface area is 113 Å². The van der Waals surface area contributed by atoms with Crippen LogP contribution in [0.2, 0.25) is 0 Å². The average Bonchev–Trinajstić information content (AvgIpc) is 2.29. The number of benzene rings is 1. The van der Waals surface area contributed by atoms with Crippen LogP contribution in [-0.2, 0) is 9.59 Å². The summed E-state index contributed by atoms with van der Waals surface area (Å²) in [6, 6.07) is 2.67. The van der Waals surface area contributed by atoms with E-state index < -0.39 is 23.9 Å². The zero-order valence-electron chi connectivity index (χ0n) is 10.8. The van der Waals surface area contributed by atoms with Crippen molar-refractivity contribution in [1.82, 2.24) is 5.32 Å². The van der Waals surface area contributed by atoms with E-state index in [0.29, 0.717) is 0 Å². The van der Waals surface area contributed by atoms with Gasteiger partial charge in [0, 0.05) is 19.4 Å². The first-order chi connectivity index (χ1) is 9.29. The third-order valence-electron chi connectivity index (χ3n) is 1.95. The molecule has 0 saturated heterocycles. The first-order valence-corrected chi connectivity index (χ1v) is 5.41. The van der Waals surface area contributed by atoms with E-state index >= 15 is 0 Å². The van der Waals surface area contributed by atoms with Crippen LogP contribution >= 0.6 is 0 Å². The molecule has 0 unspecified atom stereocenters. The van der Waals surface area contributed by atoms with E-state index in [-0.39, 0.29) is 17.1 Å². The molecule has 8 heteroatoms. The molecule has 0 heterocycles. The standard InChI is InChI=1S/C12H12N2O6/c1-6(15)19-9-4-3-8(11(17)14-12(13)18)5-10(9)20-7(2)16/h3-5H,1-2H3,(H3,13,14,17,18). The summed E-state index contributed by atoms with van der Waals surface area (Å²) >= 11 is 0. The molecule has 1 aromatic rings. The number of nitrogens with two attached hydrogens (primary N) is 1. The highest BCUT2D eigenvalue weighted by Crippen LogP contribution is 2.28. The first kappa shape index (κ1) is 15.2. The molecule has 3 N–H and O–H groups in total. The fourth-order valence-electron chi connectivity index (χ4n) is 1.31. The minimum atomic E-state index is -1.02. The van der Waals surface area contributed by atoms with Crippen molar-refractivity contribution >= 4 is 23.9 Å². The summed E-state index contributed by atoms with van der Waals surface area (Å²) in [5, 5.41) is 1.85. The van der Waals surface area contributed by atoms with Gasteiger partial charge in [0.1, 0.15) is 0 Å². The second-order valence-corrected chi connectivity index (χ2v) is 3.67. The lowest BCUT2D eigenvalue weighted by Crippen LogP contribution is -2.34. The SMILES string of the molecule is CC(=O)Oc1ccc(C(=O)NC(N)=O)cc1OC(C)=O. The Hall–Kier alpha value is -2.90. The molecule has 0 aliphatic heterocycles. The number of hydrogen-bond acceptors (Lipinski definition) is 6. The number of ether oxygens (including phenoxy) is 2. The fourth-order valence-corrected chi connectivity index (χ4v) is 1.31. The van der Waals surface area contributed by atoms with Gasteiger partial charge in [0.05, 0.1) is 0 Å². The number of hydrogen-bond donors (Lipinski definition) is 2. The Balaban J connectivity index is 3.12. The van der Waals surface area contributed by atoms with Crippen molar-refractivity contribution in [2.24, 2.45) is 5.73 Å². The summed E-state index contributed by atoms with van der Waals surface area (Å²) in [6.07, 6.45) is 0. The van der Waals surface area contributed by atoms with Gasteiger partial charge in [0.2, 0.25) is 0 Å². The molecule has 0 aliphatic carbocycles. The minimum absolute atomic E-state index is 0.0101. The Morgan fingerprint density at radius 3 is 2.05 bits per heavy atom. The van der Waals surface area contributed by atoms with E-state index in [1.54, 1.807) is 0 Å². The first-order valence-electron chi connectivity index (χ1n) is 5.41. The Kier molecular flexibility index (Phi) is 4.79. The van der Waals surface area contributed by atoms with Crippen LogP contribution in [0.4, 0.5) is 4.79 Å². The number of esters is 2. The molecule has 3 amide bonds. The van der Waals surface area contributed by atoms with Gasteiger partial charge in [-0.15, -0.1) is 0 Å². The van der Waals surface area contributed by atoms with Gasteiger partial charge >= 0.3 is 18.0 Å². The van der Waals surface area contributed by atoms with Crippen molar-refractivity contribution in [2.75, 3.05) is 0 Å². The van der Waals surface area contributed by atoms with E-state index in [0.717, 1.165) is 13.0 Å². The van der Waals surface area contributed by atoms with Gasteiger partial charge in [-0.1, -0.05) is 0 Å². The lowest BCUT2D eigenvalue weighted by Gasteiger charge is -2.10. The second kappa shape index (κ2) is 6.32. The molecule has 0 fully saturated rings. The second-order valence-electron chi connectivity index (χ2n) is 3.67. The van der Waals surface area contributed by atoms with Crippen LogP contribution in [0.15, 0.2) is 18.2 Å². The van der Waals surface area contributed by atoms with E-state index in [4.69, 9.17) is 15.2 Å². The van der Waals surface area contributed by atoms with Crippen molar-refractivity contribution in [2.45, 2.75) is 13.8 Å². The molecule has 0 radical (unpaired) electrons. The molecule has 1 rings (SSSR count). The highest BCUT2D eigenvalue weighted by Gasteiger charge is 2.15. The van der Waals surface area contributed by atoms with Crippen LogP contribution < -0.4 is 20.5 Å². The minimum Gasteiger partial charge on any atom is -0.423 e. The maximum Gasteiger partial charge on any atom is 0.319 e. The number of imide groups is 1. The number of urea groups is 1. The van der Waals surface area contributed by atoms with Crippen molar-refractivity contribution in [1.29, 1.82) is 0 Å². The molecular weight excluding hydrogens is 268 g/mol. The van der Waals surface area contributed by atoms with Crippen LogP contribution in [0.1, 0.15) is 24.2 Å². The summed E-state index contributed by atoms with van der Waals surface area (Å²) in [7, 11) is 0. The summed E-state index contributed by atoms with van der Waals surface area (Å²) in [4.78, 5) is 44.0. The molecule has 0 bridgehead atoms. The highest BCUT2D eigenvalue weighted by atomic mass is 16.6. The van der Waals surface area contributed by atoms with Crippen molar-refractivity contribution in [3.63, 3.8) is 0 Å². The van der Waals surface area contributed by atoms with Gasteiger partial charge in [-0.05, 0) is 18.2 Å². The number of nitrogens with one attached hydrogen (secondary N) is 1. The number of primary amides is 1. The van der Waals surface area contributed by atoms with Crippen LogP contribution in [0.25, 0.3) is 0 Å². The van der Waals surface area contributed by atoms with Gasteiger partial charge < -0.3 is 15.2 Å². The largest absolute Gasteiger partial charge is 0.423 e. The maximum atomic E-state index is 11.6. The number of amides is 3. The third-order valence-corrected chi connectivity index (χ3v) is 1.95. The Bertz CT molecular complexity index is 581. The molecule has 0 aromatic heterocycles. The van der Waals surface area contributed by atoms with Crippen LogP contribution in [0.3, 0.4) is 0 Å². The quantitative estimate of drug-likeness (QED) is 0.607. The lowest BCUT2D eigenvalue weighted by atomic mass is 10.2. The van der Waals surface area contributed by atoms with Gasteiger partial charge in [-0.3, -0.25) is 19.7 Å². The van der Waals surface area contributed by atoms with Crippen molar-refractivity contribution < 1.29 is 28.7 Å². The van der Waals surface area contributed by atoms with E-state index in [1.807, 2.05) is 5.32 Å². The van der Waals surface area contributed by atoms with Crippen LogP contribution in [0.5, 0.6) is 11.5 Å². The van der Waals surface area contributed by atoms with E-state index in [9.17, 15) is 19.2 Å². The molecule has 106 valence electrons. The monoisotopic (exact) mass is 280 g/mol. The Morgan fingerprint density at radius 2 is 1.55 bits per heavy atom. The zero-order valence-corrected chi connectivity index (χ0v) is 10.8. The van der Waals surface area contributed by atoms with Gasteiger partial charge in [0.25, 0.3) is 5.91 Å². The highest BCUT2D eigenvalue weighted by molar-refractivity contribution is 6.04. The fraction of sp³-hybridized carbons (Fsp3) is 0.167. The summed E-state index contributed by atoms with van der Waals surface area (Å²) in [5.41, 5.74) is 4.83. The number of carbonyl (C=O) groups excluding carboxylic acids is 4. The van der Waals surface area contributed by atoms with Crippen LogP contribution in [0, 0.1) is 0 Å². The van der Waals surface area contributed by atoms with Gasteiger partial charge in [-0.25, -0.2) is 4.79 Å². The maximum absolute atomic E-state index is 11.6. The summed E-state index contributed by atoms with van der Waals surface area (Å²) in [6.45, 7) is 2.32. The van der Waals surface area contributed by atoms with Crippen LogP contribution in [-0.4, -0.2) is 23.9 Å². The lowest BCUT2D eigenvalue weighted by molar-refractivity contribution is -0.134. The molecular formula is C12H12N2O6. The number of rotatable bonds is 3. The van der Waals surface area contributed by atoms with Crippen molar-refractivity contribution in [3.8, 4) is 11.5 Å². The topological polar surface area (TPSA) is 125 Å². The predicted octanol–water partition coefficient (Wildman–Crippen LogP) is 0.346. The smallest absolute Gasteiger partial charge is 0.319 e. The third kappa shape index (κ3) is 4.41. The van der Waals surface area contributed by atoms with Crippen molar-refractivity contribution in [3.05, 3.63) is 23.8 Å². The van der Waals surface area contributed by atoms with Gasteiger partial charge in [-0.2, -0.15) is 0 Å². The van der Waals surface area contributed by atoms with Gasteiger partial charge in [0.15, 0.2) is 11.5 Å². The molecule has 0 saturated carbocycles. The average molecular weight is 280 g/mol. The molecule has 1 aromatic carbocycles. The van der Waals surface area contributed by atoms with E-state index in [2.05, 4.69) is 0 Å². The zero-order chi connectivity index (χ0) is 15.3.